The fraction of sp³-hybridized carbons (Fsp3) is 0.462. The van der Waals surface area contributed by atoms with E-state index in [1.807, 2.05) is 20.8 Å². The number of amides is 1. The second kappa shape index (κ2) is 6.54. The van der Waals surface area contributed by atoms with E-state index in [4.69, 9.17) is 10.7 Å². The average Bonchev–Trinajstić information content (AvgIpc) is 2.34. The topological polar surface area (TPSA) is 63.2 Å². The van der Waals surface area contributed by atoms with Gasteiger partial charge in [0.25, 0.3) is 15.0 Å². The van der Waals surface area contributed by atoms with E-state index < -0.39 is 25.7 Å². The number of rotatable bonds is 5. The van der Waals surface area contributed by atoms with Crippen LogP contribution in [0.1, 0.15) is 31.1 Å². The van der Waals surface area contributed by atoms with Gasteiger partial charge >= 0.3 is 0 Å². The first kappa shape index (κ1) is 16.9. The number of halogens is 2. The zero-order valence-corrected chi connectivity index (χ0v) is 13.1. The van der Waals surface area contributed by atoms with Crippen LogP contribution < -0.4 is 5.32 Å². The molecule has 112 valence electrons. The number of nitrogens with one attached hydrogen (secondary N) is 1. The van der Waals surface area contributed by atoms with E-state index in [2.05, 4.69) is 5.32 Å². The Morgan fingerprint density at radius 2 is 1.95 bits per heavy atom. The summed E-state index contributed by atoms with van der Waals surface area (Å²) in [4.78, 5) is 11.2. The van der Waals surface area contributed by atoms with Gasteiger partial charge < -0.3 is 5.32 Å². The number of carbonyl (C=O) groups is 1. The van der Waals surface area contributed by atoms with Crippen LogP contribution in [0.25, 0.3) is 0 Å². The third-order valence-corrected chi connectivity index (χ3v) is 4.52. The molecule has 1 aromatic carbocycles. The Hall–Kier alpha value is -1.14. The van der Waals surface area contributed by atoms with Crippen molar-refractivity contribution in [3.63, 3.8) is 0 Å². The van der Waals surface area contributed by atoms with Gasteiger partial charge in [0, 0.05) is 22.8 Å². The van der Waals surface area contributed by atoms with Gasteiger partial charge in [0.05, 0.1) is 0 Å². The minimum Gasteiger partial charge on any atom is -0.352 e. The number of benzene rings is 1. The monoisotopic (exact) mass is 321 g/mol. The van der Waals surface area contributed by atoms with Gasteiger partial charge in [-0.3, -0.25) is 4.79 Å². The summed E-state index contributed by atoms with van der Waals surface area (Å²) in [7, 11) is 0.893. The zero-order valence-electron chi connectivity index (χ0n) is 11.5. The molecule has 0 radical (unpaired) electrons. The molecule has 7 heteroatoms. The molecule has 20 heavy (non-hydrogen) atoms. The fourth-order valence-corrected chi connectivity index (χ4v) is 2.35. The van der Waals surface area contributed by atoms with Gasteiger partial charge in [0.2, 0.25) is 0 Å². The van der Waals surface area contributed by atoms with Gasteiger partial charge in [-0.25, -0.2) is 12.8 Å². The van der Waals surface area contributed by atoms with Crippen LogP contribution >= 0.6 is 10.7 Å². The molecule has 0 aliphatic heterocycles. The molecular weight excluding hydrogens is 305 g/mol. The van der Waals surface area contributed by atoms with Crippen LogP contribution in [0, 0.1) is 17.7 Å². The van der Waals surface area contributed by atoms with Crippen LogP contribution in [0.5, 0.6) is 0 Å². The van der Waals surface area contributed by atoms with Crippen molar-refractivity contribution in [3.8, 4) is 0 Å². The number of hydrogen-bond donors (Lipinski definition) is 1. The summed E-state index contributed by atoms with van der Waals surface area (Å²) in [5.41, 5.74) is 0.0570. The Morgan fingerprint density at radius 3 is 2.45 bits per heavy atom. The maximum Gasteiger partial charge on any atom is 0.264 e. The molecule has 0 heterocycles. The smallest absolute Gasteiger partial charge is 0.264 e. The van der Waals surface area contributed by atoms with Gasteiger partial charge in [0.1, 0.15) is 10.7 Å². The quantitative estimate of drug-likeness (QED) is 0.848. The summed E-state index contributed by atoms with van der Waals surface area (Å²) in [6.45, 7) is 6.51. The molecule has 0 aliphatic carbocycles. The van der Waals surface area contributed by atoms with Crippen molar-refractivity contribution in [2.24, 2.45) is 11.8 Å². The van der Waals surface area contributed by atoms with Crippen molar-refractivity contribution >= 4 is 25.6 Å². The van der Waals surface area contributed by atoms with Crippen LogP contribution in [0.2, 0.25) is 0 Å². The van der Waals surface area contributed by atoms with Crippen LogP contribution in [-0.4, -0.2) is 20.9 Å². The number of carbonyl (C=O) groups excluding carboxylic acids is 1. The summed E-state index contributed by atoms with van der Waals surface area (Å²) in [5, 5.41) is 2.68. The molecule has 0 aromatic heterocycles. The van der Waals surface area contributed by atoms with Crippen LogP contribution in [-0.2, 0) is 9.05 Å². The van der Waals surface area contributed by atoms with Crippen LogP contribution in [0.15, 0.2) is 23.1 Å². The third-order valence-electron chi connectivity index (χ3n) is 3.18. The summed E-state index contributed by atoms with van der Waals surface area (Å²) in [6, 6.07) is 3.07. The largest absolute Gasteiger partial charge is 0.352 e. The minimum absolute atomic E-state index is 0.0570. The Kier molecular flexibility index (Phi) is 5.53. The highest BCUT2D eigenvalue weighted by molar-refractivity contribution is 8.13. The molecule has 0 spiro atoms. The van der Waals surface area contributed by atoms with Crippen molar-refractivity contribution in [1.29, 1.82) is 0 Å². The zero-order chi connectivity index (χ0) is 15.5. The lowest BCUT2D eigenvalue weighted by Gasteiger charge is -2.16. The van der Waals surface area contributed by atoms with Gasteiger partial charge in [-0.15, -0.1) is 0 Å². The molecule has 0 aliphatic rings. The Balaban J connectivity index is 2.90. The molecule has 4 nitrogen and oxygen atoms in total. The predicted octanol–water partition coefficient (Wildman–Crippen LogP) is 2.78. The highest BCUT2D eigenvalue weighted by Crippen LogP contribution is 2.20. The molecule has 1 unspecified atom stereocenters. The number of hydrogen-bond acceptors (Lipinski definition) is 3. The molecule has 1 atom stereocenters. The Bertz CT molecular complexity index is 602. The van der Waals surface area contributed by atoms with E-state index in [9.17, 15) is 17.6 Å². The molecule has 0 fully saturated rings. The second-order valence-electron chi connectivity index (χ2n) is 5.01. The average molecular weight is 322 g/mol. The molecule has 1 N–H and O–H groups in total. The molecule has 0 saturated carbocycles. The second-order valence-corrected chi connectivity index (χ2v) is 7.55. The Morgan fingerprint density at radius 1 is 1.35 bits per heavy atom. The van der Waals surface area contributed by atoms with E-state index in [1.165, 1.54) is 6.07 Å². The SMILES string of the molecule is CC(C)C(C)CNC(=O)c1ccc(F)c(S(=O)(=O)Cl)c1. The van der Waals surface area contributed by atoms with Gasteiger partial charge in [-0.2, -0.15) is 0 Å². The summed E-state index contributed by atoms with van der Waals surface area (Å²) < 4.78 is 35.7. The van der Waals surface area contributed by atoms with Crippen molar-refractivity contribution < 1.29 is 17.6 Å². The lowest BCUT2D eigenvalue weighted by molar-refractivity contribution is 0.0944. The summed E-state index contributed by atoms with van der Waals surface area (Å²) in [5.74, 6) is -0.760. The highest BCUT2D eigenvalue weighted by Gasteiger charge is 2.19. The van der Waals surface area contributed by atoms with E-state index in [0.29, 0.717) is 12.5 Å². The third kappa shape index (κ3) is 4.45. The lowest BCUT2D eigenvalue weighted by Crippen LogP contribution is -2.30. The van der Waals surface area contributed by atoms with Crippen molar-refractivity contribution in [2.45, 2.75) is 25.7 Å². The fourth-order valence-electron chi connectivity index (χ4n) is 1.42. The molecule has 0 bridgehead atoms. The normalized spacial score (nSPS) is 13.3. The Labute approximate surface area is 122 Å². The van der Waals surface area contributed by atoms with E-state index in [1.54, 1.807) is 0 Å². The summed E-state index contributed by atoms with van der Waals surface area (Å²) >= 11 is 0. The van der Waals surface area contributed by atoms with Crippen molar-refractivity contribution in [3.05, 3.63) is 29.6 Å². The molecule has 1 amide bonds. The van der Waals surface area contributed by atoms with Crippen molar-refractivity contribution in [1.82, 2.24) is 5.32 Å². The summed E-state index contributed by atoms with van der Waals surface area (Å²) in [6.07, 6.45) is 0. The van der Waals surface area contributed by atoms with Crippen LogP contribution in [0.4, 0.5) is 4.39 Å². The van der Waals surface area contributed by atoms with E-state index in [-0.39, 0.29) is 11.5 Å². The molecule has 1 rings (SSSR count). The maximum absolute atomic E-state index is 13.4. The highest BCUT2D eigenvalue weighted by atomic mass is 35.7. The van der Waals surface area contributed by atoms with E-state index in [0.717, 1.165) is 12.1 Å². The molecular formula is C13H17ClFNO3S. The molecule has 1 aromatic rings. The first-order chi connectivity index (χ1) is 9.12. The first-order valence-electron chi connectivity index (χ1n) is 6.15. The predicted molar refractivity (Wildman–Crippen MR) is 75.8 cm³/mol. The van der Waals surface area contributed by atoms with Gasteiger partial charge in [-0.1, -0.05) is 20.8 Å². The minimum atomic E-state index is -4.22. The van der Waals surface area contributed by atoms with Gasteiger partial charge in [-0.05, 0) is 30.0 Å². The standard InChI is InChI=1S/C13H17ClFNO3S/c1-8(2)9(3)7-16-13(17)10-4-5-11(15)12(6-10)20(14,18)19/h4-6,8-9H,7H2,1-3H3,(H,16,17). The van der Waals surface area contributed by atoms with E-state index >= 15 is 0 Å². The first-order valence-corrected chi connectivity index (χ1v) is 8.46. The van der Waals surface area contributed by atoms with Crippen molar-refractivity contribution in [2.75, 3.05) is 6.54 Å². The van der Waals surface area contributed by atoms with Crippen LogP contribution in [0.3, 0.4) is 0 Å². The maximum atomic E-state index is 13.4. The lowest BCUT2D eigenvalue weighted by atomic mass is 9.98. The van der Waals surface area contributed by atoms with Gasteiger partial charge in [0.15, 0.2) is 0 Å². The molecule has 0 saturated heterocycles.